The van der Waals surface area contributed by atoms with Crippen molar-refractivity contribution >= 4 is 15.9 Å². The van der Waals surface area contributed by atoms with Crippen molar-refractivity contribution in [2.45, 2.75) is 30.0 Å². The number of rotatable bonds is 0. The van der Waals surface area contributed by atoms with Gasteiger partial charge in [-0.1, -0.05) is 15.9 Å². The molecule has 1 rings (SSSR count). The van der Waals surface area contributed by atoms with E-state index >= 15 is 0 Å². The van der Waals surface area contributed by atoms with Gasteiger partial charge in [0.15, 0.2) is 12.6 Å². The molecule has 0 aliphatic carbocycles. The van der Waals surface area contributed by atoms with E-state index in [1.54, 1.807) is 0 Å². The highest BCUT2D eigenvalue weighted by atomic mass is 79.9. The molecule has 1 fully saturated rings. The van der Waals surface area contributed by atoms with Crippen molar-refractivity contribution in [3.8, 4) is 0 Å². The normalized spacial score (nSPS) is 49.2. The highest BCUT2D eigenvalue weighted by molar-refractivity contribution is 9.09. The Hall–Kier alpha value is 0.230. The second kappa shape index (κ2) is 3.09. The number of piperidine rings is 1. The van der Waals surface area contributed by atoms with E-state index in [1.807, 2.05) is 5.32 Å². The van der Waals surface area contributed by atoms with Crippen LogP contribution in [0.4, 0.5) is 13.2 Å². The van der Waals surface area contributed by atoms with E-state index in [0.29, 0.717) is 0 Å². The van der Waals surface area contributed by atoms with E-state index in [0.717, 1.165) is 0 Å². The van der Waals surface area contributed by atoms with Gasteiger partial charge < -0.3 is 0 Å². The molecule has 1 N–H and O–H groups in total. The molecule has 1 saturated heterocycles. The first-order valence-corrected chi connectivity index (χ1v) is 3.85. The van der Waals surface area contributed by atoms with Crippen molar-refractivity contribution in [3.63, 3.8) is 0 Å². The first kappa shape index (κ1) is 8.33. The minimum atomic E-state index is -1.63. The Labute approximate surface area is 65.1 Å². The molecule has 0 saturated carbocycles. The van der Waals surface area contributed by atoms with Crippen LogP contribution < -0.4 is 5.32 Å². The zero-order chi connectivity index (χ0) is 7.72. The van der Waals surface area contributed by atoms with E-state index < -0.39 is 23.6 Å². The van der Waals surface area contributed by atoms with E-state index in [9.17, 15) is 13.2 Å². The van der Waals surface area contributed by atoms with Crippen LogP contribution in [0.25, 0.3) is 0 Å². The minimum absolute atomic E-state index is 0.281. The quantitative estimate of drug-likeness (QED) is 0.481. The molecule has 4 unspecified atom stereocenters. The lowest BCUT2D eigenvalue weighted by Gasteiger charge is -2.28. The Morgan fingerprint density at radius 2 is 1.90 bits per heavy atom. The van der Waals surface area contributed by atoms with Gasteiger partial charge in [0.05, 0.1) is 4.83 Å². The molecule has 0 amide bonds. The fraction of sp³-hybridized carbons (Fsp3) is 1.00. The van der Waals surface area contributed by atoms with Gasteiger partial charge in [-0.15, -0.1) is 0 Å². The highest BCUT2D eigenvalue weighted by Gasteiger charge is 2.36. The summed E-state index contributed by atoms with van der Waals surface area (Å²) in [5.41, 5.74) is 0. The minimum Gasteiger partial charge on any atom is -0.257 e. The van der Waals surface area contributed by atoms with Gasteiger partial charge in [-0.25, -0.2) is 13.2 Å². The summed E-state index contributed by atoms with van der Waals surface area (Å²) in [6.45, 7) is 0. The van der Waals surface area contributed by atoms with Crippen LogP contribution in [0, 0.1) is 0 Å². The summed E-state index contributed by atoms with van der Waals surface area (Å²) < 4.78 is 37.2. The second-order valence-corrected chi connectivity index (χ2v) is 3.29. The predicted octanol–water partition coefficient (Wildman–Crippen LogP) is 1.67. The second-order valence-electron chi connectivity index (χ2n) is 2.23. The molecule has 0 spiro atoms. The monoisotopic (exact) mass is 217 g/mol. The third-order valence-corrected chi connectivity index (χ3v) is 2.44. The number of halogens is 4. The lowest BCUT2D eigenvalue weighted by molar-refractivity contribution is 0.0673. The number of nitrogens with one attached hydrogen (secondary N) is 1. The van der Waals surface area contributed by atoms with Gasteiger partial charge in [0.1, 0.15) is 6.17 Å². The van der Waals surface area contributed by atoms with E-state index in [1.165, 1.54) is 0 Å². The van der Waals surface area contributed by atoms with Crippen LogP contribution in [0.3, 0.4) is 0 Å². The van der Waals surface area contributed by atoms with Crippen LogP contribution in [0.1, 0.15) is 6.42 Å². The molecule has 0 radical (unpaired) electrons. The molecule has 0 bridgehead atoms. The van der Waals surface area contributed by atoms with Crippen molar-refractivity contribution in [2.24, 2.45) is 0 Å². The summed E-state index contributed by atoms with van der Waals surface area (Å²) in [6.07, 6.45) is -4.90. The topological polar surface area (TPSA) is 12.0 Å². The van der Waals surface area contributed by atoms with Gasteiger partial charge in [0, 0.05) is 6.42 Å². The first-order valence-electron chi connectivity index (χ1n) is 2.93. The number of alkyl halides is 4. The molecule has 1 aliphatic heterocycles. The van der Waals surface area contributed by atoms with Gasteiger partial charge in [-0.05, 0) is 0 Å². The molecule has 5 heteroatoms. The van der Waals surface area contributed by atoms with Gasteiger partial charge >= 0.3 is 0 Å². The van der Waals surface area contributed by atoms with Gasteiger partial charge in [-0.2, -0.15) is 0 Å². The molecule has 4 atom stereocenters. The Kier molecular flexibility index (Phi) is 2.57. The van der Waals surface area contributed by atoms with Gasteiger partial charge in [0.2, 0.25) is 0 Å². The average molecular weight is 218 g/mol. The molecule has 0 aromatic carbocycles. The number of hydrogen-bond acceptors (Lipinski definition) is 1. The zero-order valence-corrected chi connectivity index (χ0v) is 6.61. The maximum atomic E-state index is 12.5. The van der Waals surface area contributed by atoms with Crippen LogP contribution in [0.15, 0.2) is 0 Å². The van der Waals surface area contributed by atoms with Crippen molar-refractivity contribution < 1.29 is 13.2 Å². The third kappa shape index (κ3) is 1.63. The highest BCUT2D eigenvalue weighted by Crippen LogP contribution is 2.24. The molecular formula is C5H7BrF3N. The largest absolute Gasteiger partial charge is 0.257 e. The molecule has 1 heterocycles. The predicted molar refractivity (Wildman–Crippen MR) is 35.2 cm³/mol. The van der Waals surface area contributed by atoms with Crippen molar-refractivity contribution in [1.29, 1.82) is 0 Å². The van der Waals surface area contributed by atoms with Crippen molar-refractivity contribution in [3.05, 3.63) is 0 Å². The summed E-state index contributed by atoms with van der Waals surface area (Å²) >= 11 is 2.77. The summed E-state index contributed by atoms with van der Waals surface area (Å²) in [5.74, 6) is 0. The molecule has 0 aromatic heterocycles. The zero-order valence-electron chi connectivity index (χ0n) is 5.03. The molecule has 60 valence electrons. The third-order valence-electron chi connectivity index (χ3n) is 1.40. The van der Waals surface area contributed by atoms with E-state index in [-0.39, 0.29) is 6.42 Å². The molecule has 1 nitrogen and oxygen atoms in total. The molecule has 10 heavy (non-hydrogen) atoms. The Bertz CT molecular complexity index is 111. The fourth-order valence-electron chi connectivity index (χ4n) is 0.844. The fourth-order valence-corrected chi connectivity index (χ4v) is 1.21. The first-order chi connectivity index (χ1) is 4.61. The van der Waals surface area contributed by atoms with E-state index in [2.05, 4.69) is 15.9 Å². The van der Waals surface area contributed by atoms with Gasteiger partial charge in [0.25, 0.3) is 0 Å². The maximum Gasteiger partial charge on any atom is 0.168 e. The summed E-state index contributed by atoms with van der Waals surface area (Å²) in [7, 11) is 0. The lowest BCUT2D eigenvalue weighted by atomic mass is 10.1. The lowest BCUT2D eigenvalue weighted by Crippen LogP contribution is -2.49. The molecule has 0 aromatic rings. The van der Waals surface area contributed by atoms with Crippen LogP contribution in [-0.4, -0.2) is 23.6 Å². The molecule has 1 aliphatic rings. The van der Waals surface area contributed by atoms with Crippen LogP contribution >= 0.6 is 15.9 Å². The number of hydrogen-bond donors (Lipinski definition) is 1. The Morgan fingerprint density at radius 3 is 2.40 bits per heavy atom. The summed E-state index contributed by atoms with van der Waals surface area (Å²) in [4.78, 5) is -0.917. The van der Waals surface area contributed by atoms with Crippen LogP contribution in [0.2, 0.25) is 0 Å². The Morgan fingerprint density at radius 1 is 1.30 bits per heavy atom. The van der Waals surface area contributed by atoms with Crippen molar-refractivity contribution in [2.75, 3.05) is 0 Å². The van der Waals surface area contributed by atoms with Crippen LogP contribution in [-0.2, 0) is 0 Å². The maximum absolute atomic E-state index is 12.5. The van der Waals surface area contributed by atoms with Crippen LogP contribution in [0.5, 0.6) is 0 Å². The summed E-state index contributed by atoms with van der Waals surface area (Å²) in [6, 6.07) is 0. The smallest absolute Gasteiger partial charge is 0.168 e. The summed E-state index contributed by atoms with van der Waals surface area (Å²) in [5, 5.41) is 1.94. The standard InChI is InChI=1S/C5H7BrF3N/c6-4-2(7)1-3(8)10-5(4)9/h2-5,10H,1H2. The van der Waals surface area contributed by atoms with Crippen molar-refractivity contribution in [1.82, 2.24) is 5.32 Å². The average Bonchev–Trinajstić information content (AvgIpc) is 1.82. The van der Waals surface area contributed by atoms with Gasteiger partial charge in [-0.3, -0.25) is 5.32 Å². The molecular weight excluding hydrogens is 211 g/mol. The van der Waals surface area contributed by atoms with E-state index in [4.69, 9.17) is 0 Å². The SMILES string of the molecule is FC1CC(F)C(Br)C(F)N1. The Balaban J connectivity index is 2.49.